The van der Waals surface area contributed by atoms with E-state index in [1.165, 1.54) is 23.6 Å². The van der Waals surface area contributed by atoms with Crippen molar-refractivity contribution in [1.82, 2.24) is 14.7 Å². The molecule has 0 spiro atoms. The van der Waals surface area contributed by atoms with E-state index in [9.17, 15) is 32.4 Å². The fraction of sp³-hybridized carbons (Fsp3) is 0.861. The van der Waals surface area contributed by atoms with E-state index in [1.54, 1.807) is 37.5 Å². The molecule has 0 unspecified atom stereocenters. The van der Waals surface area contributed by atoms with Gasteiger partial charge in [-0.15, -0.1) is 23.2 Å². The van der Waals surface area contributed by atoms with E-state index in [0.29, 0.717) is 18.8 Å². The monoisotopic (exact) mass is 937 g/mol. The van der Waals surface area contributed by atoms with Crippen LogP contribution in [-0.2, 0) is 50.7 Å². The maximum Gasteiger partial charge on any atom is 1.00 e. The summed E-state index contributed by atoms with van der Waals surface area (Å²) in [6.45, 7) is 21.4. The number of hydrogen-bond donors (Lipinski definition) is 1. The van der Waals surface area contributed by atoms with Crippen molar-refractivity contribution in [2.45, 2.75) is 150 Å². The minimum absolute atomic E-state index is 0. The van der Waals surface area contributed by atoms with Gasteiger partial charge in [-0.2, -0.15) is 8.42 Å². The first-order chi connectivity index (χ1) is 25.5. The van der Waals surface area contributed by atoms with Gasteiger partial charge < -0.3 is 51.4 Å². The fourth-order valence-electron chi connectivity index (χ4n) is 5.14. The molecule has 15 nitrogen and oxygen atoms in total. The molecule has 3 saturated heterocycles. The molecule has 3 aliphatic rings. The van der Waals surface area contributed by atoms with Gasteiger partial charge in [-0.1, -0.05) is 11.8 Å². The van der Waals surface area contributed by atoms with Crippen LogP contribution in [0.2, 0.25) is 0 Å². The van der Waals surface area contributed by atoms with Gasteiger partial charge in [0, 0.05) is 43.5 Å². The second-order valence-corrected chi connectivity index (χ2v) is 20.2. The van der Waals surface area contributed by atoms with Crippen molar-refractivity contribution in [2.75, 3.05) is 50.2 Å². The Morgan fingerprint density at radius 2 is 1.00 bits per heavy atom. The Morgan fingerprint density at radius 1 is 0.702 bits per heavy atom. The topological polar surface area (TPSA) is 186 Å². The SMILES string of the molecule is CC(=O)SC[C@H]1CCCN1C(=O)OC(C)(C)C.CC(=O)[S-].CC(C)(C)OC(=O)N1CCC[C@@H]1CO.CC(C)(C)OC(=O)N1CCC[C@@H]1COS(C)(=O)=O.ClCCl.[K+]. The van der Waals surface area contributed by atoms with E-state index in [2.05, 4.69) is 12.6 Å². The van der Waals surface area contributed by atoms with Crippen LogP contribution < -0.4 is 51.4 Å². The van der Waals surface area contributed by atoms with Gasteiger partial charge in [0.05, 0.1) is 36.9 Å². The molecule has 0 aromatic heterocycles. The largest absolute Gasteiger partial charge is 1.00 e. The summed E-state index contributed by atoms with van der Waals surface area (Å²) in [7, 11) is -3.47. The van der Waals surface area contributed by atoms with E-state index in [1.807, 2.05) is 41.5 Å². The quantitative estimate of drug-likeness (QED) is 0.133. The van der Waals surface area contributed by atoms with Crippen molar-refractivity contribution in [3.8, 4) is 0 Å². The average Bonchev–Trinajstić information content (AvgIpc) is 3.78. The zero-order valence-corrected chi connectivity index (χ0v) is 43.3. The summed E-state index contributed by atoms with van der Waals surface area (Å²) < 4.78 is 42.5. The molecule has 3 heterocycles. The molecule has 3 aliphatic heterocycles. The second kappa shape index (κ2) is 30.0. The number of aliphatic hydroxyl groups is 1. The second-order valence-electron chi connectivity index (χ2n) is 16.0. The summed E-state index contributed by atoms with van der Waals surface area (Å²) >= 11 is 14.8. The standard InChI is InChI=1S/C12H21NO3S.C11H21NO5S.C10H19NO3.C2H4OS.CH2Cl2.K/c1-9(14)17-8-10-6-5-7-13(10)11(15)16-12(2,3)4;1-11(2,3)17-10(13)12-7-5-6-9(12)8-16-18(4,14)15;1-10(2,3)14-9(13)11-6-4-5-8(11)7-12;1-2(3)4;2-1-3;/h10H,5-8H2,1-4H3;9H,5-8H2,1-4H3;8,12H,4-7H2,1-3H3;1H3,(H,3,4);1H2;/q;;;;;+1/p-1/t10-;9-;8-;;;/m111.../s1. The minimum atomic E-state index is -3.47. The van der Waals surface area contributed by atoms with E-state index < -0.39 is 33.0 Å². The van der Waals surface area contributed by atoms with Gasteiger partial charge in [0.15, 0.2) is 5.12 Å². The Hall–Kier alpha value is -0.194. The molecule has 0 aromatic carbocycles. The summed E-state index contributed by atoms with van der Waals surface area (Å²) in [6, 6.07) is -0.141. The van der Waals surface area contributed by atoms with E-state index in [0.717, 1.165) is 51.3 Å². The van der Waals surface area contributed by atoms with Crippen molar-refractivity contribution in [1.29, 1.82) is 0 Å². The number of halogens is 2. The van der Waals surface area contributed by atoms with Crippen molar-refractivity contribution in [2.24, 2.45) is 0 Å². The van der Waals surface area contributed by atoms with Gasteiger partial charge in [0.25, 0.3) is 10.1 Å². The van der Waals surface area contributed by atoms with Gasteiger partial charge >= 0.3 is 69.7 Å². The number of amides is 3. The van der Waals surface area contributed by atoms with Gasteiger partial charge in [-0.05, 0) is 108 Å². The molecule has 57 heavy (non-hydrogen) atoms. The van der Waals surface area contributed by atoms with Crippen molar-refractivity contribution in [3.05, 3.63) is 0 Å². The molecule has 330 valence electrons. The van der Waals surface area contributed by atoms with Crippen LogP contribution in [0.1, 0.15) is 115 Å². The first-order valence-electron chi connectivity index (χ1n) is 18.3. The fourth-order valence-corrected chi connectivity index (χ4v) is 6.32. The minimum Gasteiger partial charge on any atom is -0.742 e. The third-order valence-electron chi connectivity index (χ3n) is 7.18. The predicted molar refractivity (Wildman–Crippen MR) is 224 cm³/mol. The maximum atomic E-state index is 11.9. The molecular formula is C36H66Cl2KN3O12S3. The number of hydrogen-bond acceptors (Lipinski definition) is 14. The third-order valence-corrected chi connectivity index (χ3v) is 8.70. The Labute approximate surface area is 403 Å². The van der Waals surface area contributed by atoms with Gasteiger partial charge in [0.2, 0.25) is 0 Å². The summed E-state index contributed by atoms with van der Waals surface area (Å²) in [6.07, 6.45) is 5.34. The molecule has 3 amide bonds. The predicted octanol–water partition coefficient (Wildman–Crippen LogP) is 3.91. The third kappa shape index (κ3) is 33.2. The molecular weight excluding hydrogens is 873 g/mol. The molecule has 21 heteroatoms. The van der Waals surface area contributed by atoms with Crippen LogP contribution in [0.3, 0.4) is 0 Å². The van der Waals surface area contributed by atoms with Crippen LogP contribution in [0.4, 0.5) is 14.4 Å². The number of carbonyl (C=O) groups is 5. The van der Waals surface area contributed by atoms with Crippen LogP contribution in [0.5, 0.6) is 0 Å². The molecule has 0 radical (unpaired) electrons. The number of nitrogens with zero attached hydrogens (tertiary/aromatic N) is 3. The van der Waals surface area contributed by atoms with Crippen LogP contribution >= 0.6 is 35.0 Å². The molecule has 1 N–H and O–H groups in total. The number of alkyl halides is 2. The summed E-state index contributed by atoms with van der Waals surface area (Å²) in [5, 5.41) is 9.08. The molecule has 0 aromatic rings. The van der Waals surface area contributed by atoms with Crippen molar-refractivity contribution in [3.63, 3.8) is 0 Å². The van der Waals surface area contributed by atoms with Gasteiger partial charge in [-0.3, -0.25) is 8.98 Å². The van der Waals surface area contributed by atoms with Gasteiger partial charge in [-0.25, -0.2) is 14.4 Å². The first-order valence-corrected chi connectivity index (χ1v) is 22.6. The van der Waals surface area contributed by atoms with Crippen LogP contribution in [0.25, 0.3) is 0 Å². The number of thioether (sulfide) groups is 1. The van der Waals surface area contributed by atoms with Crippen molar-refractivity contribution >= 4 is 86.2 Å². The summed E-state index contributed by atoms with van der Waals surface area (Å²) in [5.41, 5.74) is -1.47. The zero-order valence-electron chi connectivity index (χ0n) is 36.2. The normalized spacial score (nSPS) is 19.1. The molecule has 0 aliphatic carbocycles. The maximum absolute atomic E-state index is 11.9. The number of carbonyl (C=O) groups excluding carboxylic acids is 5. The number of rotatable bonds is 6. The van der Waals surface area contributed by atoms with Gasteiger partial charge in [0.1, 0.15) is 16.8 Å². The summed E-state index contributed by atoms with van der Waals surface area (Å²) in [4.78, 5) is 60.5. The Kier molecular flexibility index (Phi) is 32.1. The van der Waals surface area contributed by atoms with Crippen molar-refractivity contribution < 1.29 is 107 Å². The Morgan fingerprint density at radius 3 is 1.30 bits per heavy atom. The van der Waals surface area contributed by atoms with Crippen LogP contribution in [-0.4, -0.2) is 142 Å². The van der Waals surface area contributed by atoms with E-state index in [4.69, 9.17) is 46.7 Å². The molecule has 3 atom stereocenters. The molecule has 0 bridgehead atoms. The molecule has 3 rings (SSSR count). The first kappa shape index (κ1) is 61.1. The van der Waals surface area contributed by atoms with Crippen LogP contribution in [0.15, 0.2) is 0 Å². The van der Waals surface area contributed by atoms with E-state index >= 15 is 0 Å². The molecule has 3 fully saturated rings. The van der Waals surface area contributed by atoms with Crippen LogP contribution in [0, 0.1) is 0 Å². The molecule has 0 saturated carbocycles. The zero-order chi connectivity index (χ0) is 44.1. The average molecular weight is 939 g/mol. The summed E-state index contributed by atoms with van der Waals surface area (Å²) in [5.74, 6) is 0.675. The Balaban J connectivity index is -0.000000705. The smallest absolute Gasteiger partial charge is 0.742 e. The number of likely N-dealkylation sites (tertiary alicyclic amines) is 3. The Bertz CT molecular complexity index is 1330. The van der Waals surface area contributed by atoms with E-state index in [-0.39, 0.29) is 110 Å². The number of aliphatic hydroxyl groups excluding tert-OH is 1. The number of ether oxygens (including phenoxy) is 3.